The van der Waals surface area contributed by atoms with Crippen molar-refractivity contribution in [2.75, 3.05) is 4.90 Å². The predicted molar refractivity (Wildman–Crippen MR) is 87.8 cm³/mol. The number of hydrogen-bond donors (Lipinski definition) is 2. The lowest BCUT2D eigenvalue weighted by atomic mass is 9.93. The summed E-state index contributed by atoms with van der Waals surface area (Å²) in [6, 6.07) is 8.16. The molecule has 0 radical (unpaired) electrons. The van der Waals surface area contributed by atoms with E-state index in [0.29, 0.717) is 11.2 Å². The number of aromatic nitrogens is 2. The van der Waals surface area contributed by atoms with Gasteiger partial charge < -0.3 is 15.0 Å². The van der Waals surface area contributed by atoms with E-state index < -0.39 is 35.6 Å². The molecule has 1 aliphatic heterocycles. The summed E-state index contributed by atoms with van der Waals surface area (Å²) in [5, 5.41) is 10.2. The number of carbonyl (C=O) groups excluding carboxylic acids is 1. The van der Waals surface area contributed by atoms with E-state index >= 15 is 0 Å². The quantitative estimate of drug-likeness (QED) is 0.752. The second-order valence-corrected chi connectivity index (χ2v) is 6.20. The number of imidazole rings is 1. The molecule has 25 heavy (non-hydrogen) atoms. The maximum Gasteiger partial charge on any atom is 0.256 e. The van der Waals surface area contributed by atoms with Crippen molar-refractivity contribution in [3.8, 4) is 0 Å². The molecule has 0 spiro atoms. The van der Waals surface area contributed by atoms with E-state index in [0.717, 1.165) is 11.6 Å². The molecule has 0 saturated carbocycles. The minimum Gasteiger partial charge on any atom is -0.383 e. The summed E-state index contributed by atoms with van der Waals surface area (Å²) >= 11 is 0. The molecule has 1 saturated heterocycles. The lowest BCUT2D eigenvalue weighted by Gasteiger charge is -2.27. The second-order valence-electron chi connectivity index (χ2n) is 6.20. The Bertz CT molecular complexity index is 972. The summed E-state index contributed by atoms with van der Waals surface area (Å²) in [6.45, 7) is 1.65. The molecule has 0 aliphatic carbocycles. The summed E-state index contributed by atoms with van der Waals surface area (Å²) in [6.07, 6.45) is 0.242. The van der Waals surface area contributed by atoms with E-state index in [1.54, 1.807) is 25.1 Å². The zero-order valence-electron chi connectivity index (χ0n) is 13.3. The van der Waals surface area contributed by atoms with Gasteiger partial charge in [-0.1, -0.05) is 19.1 Å². The van der Waals surface area contributed by atoms with Crippen LogP contribution in [0.3, 0.4) is 0 Å². The molecule has 3 aromatic rings. The molecule has 3 atom stereocenters. The van der Waals surface area contributed by atoms with Gasteiger partial charge in [0.05, 0.1) is 23.4 Å². The summed E-state index contributed by atoms with van der Waals surface area (Å²) in [7, 11) is 0. The lowest BCUT2D eigenvalue weighted by molar-refractivity contribution is -0.125. The fourth-order valence-corrected chi connectivity index (χ4v) is 3.44. The van der Waals surface area contributed by atoms with E-state index in [2.05, 4.69) is 9.97 Å². The fraction of sp³-hybridized carbons (Fsp3) is 0.222. The molecule has 4 rings (SSSR count). The summed E-state index contributed by atoms with van der Waals surface area (Å²) < 4.78 is 28.1. The minimum atomic E-state index is -1.29. The number of amides is 1. The fourth-order valence-electron chi connectivity index (χ4n) is 3.44. The Labute approximate surface area is 141 Å². The SMILES string of the molecule is CC1C(O)C(=O)N(c2ccc3nc[nH]c3c2)C1c1cccc(F)c1F. The number of aromatic amines is 1. The molecule has 3 unspecified atom stereocenters. The van der Waals surface area contributed by atoms with Crippen molar-refractivity contribution in [2.24, 2.45) is 5.92 Å². The Balaban J connectivity index is 1.87. The van der Waals surface area contributed by atoms with Crippen molar-refractivity contribution >= 4 is 22.6 Å². The number of aliphatic hydroxyl groups is 1. The van der Waals surface area contributed by atoms with Crippen LogP contribution < -0.4 is 4.90 Å². The molecule has 1 aliphatic rings. The average Bonchev–Trinajstić information content (AvgIpc) is 3.15. The van der Waals surface area contributed by atoms with Crippen molar-refractivity contribution in [1.82, 2.24) is 9.97 Å². The second kappa shape index (κ2) is 5.63. The standard InChI is InChI=1S/C18H15F2N3O2/c1-9-16(11-3-2-4-12(19)15(11)20)23(18(25)17(9)24)10-5-6-13-14(7-10)22-8-21-13/h2-9,16-17,24H,1H3,(H,21,22). The average molecular weight is 343 g/mol. The highest BCUT2D eigenvalue weighted by Gasteiger charge is 2.47. The molecule has 2 aromatic carbocycles. The van der Waals surface area contributed by atoms with E-state index in [9.17, 15) is 18.7 Å². The third kappa shape index (κ3) is 2.31. The summed E-state index contributed by atoms with van der Waals surface area (Å²) in [4.78, 5) is 21.0. The number of halogens is 2. The van der Waals surface area contributed by atoms with E-state index in [1.165, 1.54) is 23.4 Å². The normalized spacial score (nSPS) is 23.6. The number of anilines is 1. The van der Waals surface area contributed by atoms with Gasteiger partial charge in [-0.25, -0.2) is 13.8 Å². The number of rotatable bonds is 2. The zero-order chi connectivity index (χ0) is 17.7. The summed E-state index contributed by atoms with van der Waals surface area (Å²) in [5.41, 5.74) is 1.95. The highest BCUT2D eigenvalue weighted by molar-refractivity contribution is 6.01. The molecule has 7 heteroatoms. The van der Waals surface area contributed by atoms with E-state index in [-0.39, 0.29) is 5.56 Å². The Morgan fingerprint density at radius 3 is 2.84 bits per heavy atom. The van der Waals surface area contributed by atoms with Crippen molar-refractivity contribution in [1.29, 1.82) is 0 Å². The van der Waals surface area contributed by atoms with Crippen LogP contribution in [0.1, 0.15) is 18.5 Å². The predicted octanol–water partition coefficient (Wildman–Crippen LogP) is 2.93. The first-order valence-electron chi connectivity index (χ1n) is 7.87. The van der Waals surface area contributed by atoms with Crippen LogP contribution in [0.15, 0.2) is 42.7 Å². The van der Waals surface area contributed by atoms with Crippen molar-refractivity contribution in [3.63, 3.8) is 0 Å². The number of nitrogens with zero attached hydrogens (tertiary/aromatic N) is 2. The third-order valence-electron chi connectivity index (χ3n) is 4.75. The molecular formula is C18H15F2N3O2. The highest BCUT2D eigenvalue weighted by Crippen LogP contribution is 2.42. The molecule has 128 valence electrons. The molecule has 0 bridgehead atoms. The van der Waals surface area contributed by atoms with Crippen LogP contribution in [0, 0.1) is 17.6 Å². The molecule has 1 aromatic heterocycles. The topological polar surface area (TPSA) is 69.2 Å². The van der Waals surface area contributed by atoms with Gasteiger partial charge in [-0.05, 0) is 24.3 Å². The number of fused-ring (bicyclic) bond motifs is 1. The van der Waals surface area contributed by atoms with Crippen molar-refractivity contribution in [2.45, 2.75) is 19.1 Å². The largest absolute Gasteiger partial charge is 0.383 e. The molecule has 2 heterocycles. The van der Waals surface area contributed by atoms with Gasteiger partial charge in [0.1, 0.15) is 6.10 Å². The van der Waals surface area contributed by atoms with Gasteiger partial charge in [0.25, 0.3) is 5.91 Å². The van der Waals surface area contributed by atoms with Gasteiger partial charge >= 0.3 is 0 Å². The van der Waals surface area contributed by atoms with Gasteiger partial charge in [-0.2, -0.15) is 0 Å². The Morgan fingerprint density at radius 1 is 1.24 bits per heavy atom. The smallest absolute Gasteiger partial charge is 0.256 e. The first kappa shape index (κ1) is 15.7. The van der Waals surface area contributed by atoms with Gasteiger partial charge in [0.15, 0.2) is 11.6 Å². The van der Waals surface area contributed by atoms with Crippen LogP contribution in [-0.2, 0) is 4.79 Å². The number of hydrogen-bond acceptors (Lipinski definition) is 3. The van der Waals surface area contributed by atoms with Crippen LogP contribution in [0.5, 0.6) is 0 Å². The monoisotopic (exact) mass is 343 g/mol. The molecular weight excluding hydrogens is 328 g/mol. The Kier molecular flexibility index (Phi) is 3.54. The number of carbonyl (C=O) groups is 1. The maximum absolute atomic E-state index is 14.4. The highest BCUT2D eigenvalue weighted by atomic mass is 19.2. The minimum absolute atomic E-state index is 0.0436. The number of benzene rings is 2. The number of nitrogens with one attached hydrogen (secondary N) is 1. The third-order valence-corrected chi connectivity index (χ3v) is 4.75. The first-order chi connectivity index (χ1) is 12.0. The molecule has 1 amide bonds. The van der Waals surface area contributed by atoms with Gasteiger partial charge in [0, 0.05) is 17.2 Å². The zero-order valence-corrected chi connectivity index (χ0v) is 13.3. The molecule has 1 fully saturated rings. The van der Waals surface area contributed by atoms with E-state index in [1.807, 2.05) is 0 Å². The van der Waals surface area contributed by atoms with Gasteiger partial charge in [-0.15, -0.1) is 0 Å². The van der Waals surface area contributed by atoms with Crippen LogP contribution in [0.4, 0.5) is 14.5 Å². The first-order valence-corrected chi connectivity index (χ1v) is 7.87. The van der Waals surface area contributed by atoms with Gasteiger partial charge in [0.2, 0.25) is 0 Å². The van der Waals surface area contributed by atoms with E-state index in [4.69, 9.17) is 0 Å². The molecule has 2 N–H and O–H groups in total. The van der Waals surface area contributed by atoms with Gasteiger partial charge in [-0.3, -0.25) is 4.79 Å². The number of H-pyrrole nitrogens is 1. The number of aliphatic hydroxyl groups excluding tert-OH is 1. The van der Waals surface area contributed by atoms with Crippen LogP contribution in [-0.4, -0.2) is 27.1 Å². The Morgan fingerprint density at radius 2 is 2.04 bits per heavy atom. The van der Waals surface area contributed by atoms with Crippen molar-refractivity contribution < 1.29 is 18.7 Å². The van der Waals surface area contributed by atoms with Crippen molar-refractivity contribution in [3.05, 3.63) is 59.9 Å². The summed E-state index contributed by atoms with van der Waals surface area (Å²) in [5.74, 6) is -3.13. The van der Waals surface area contributed by atoms with Crippen LogP contribution >= 0.6 is 0 Å². The lowest BCUT2D eigenvalue weighted by Crippen LogP contribution is -2.31. The van der Waals surface area contributed by atoms with Crippen LogP contribution in [0.2, 0.25) is 0 Å². The molecule has 5 nitrogen and oxygen atoms in total. The van der Waals surface area contributed by atoms with Crippen LogP contribution in [0.25, 0.3) is 11.0 Å². The Hall–Kier alpha value is -2.80. The maximum atomic E-state index is 14.4.